The van der Waals surface area contributed by atoms with Crippen LogP contribution in [-0.2, 0) is 0 Å². The predicted octanol–water partition coefficient (Wildman–Crippen LogP) is 3.81. The fourth-order valence-electron chi connectivity index (χ4n) is 1.71. The number of aromatic nitrogens is 2. The van der Waals surface area contributed by atoms with Gasteiger partial charge < -0.3 is 5.11 Å². The topological polar surface area (TPSA) is 46.0 Å². The molecule has 0 saturated heterocycles. The van der Waals surface area contributed by atoms with Gasteiger partial charge in [0.25, 0.3) is 0 Å². The van der Waals surface area contributed by atoms with Gasteiger partial charge >= 0.3 is 0 Å². The van der Waals surface area contributed by atoms with Crippen LogP contribution in [0.25, 0.3) is 11.4 Å². The molecule has 0 radical (unpaired) electrons. The summed E-state index contributed by atoms with van der Waals surface area (Å²) in [5.74, 6) is 0.543. The zero-order valence-electron chi connectivity index (χ0n) is 9.98. The van der Waals surface area contributed by atoms with Crippen LogP contribution in [0.2, 0.25) is 10.0 Å². The normalized spacial score (nSPS) is 12.5. The van der Waals surface area contributed by atoms with Crippen LogP contribution in [0.15, 0.2) is 24.4 Å². The first-order chi connectivity index (χ1) is 8.47. The Kier molecular flexibility index (Phi) is 3.85. The second-order valence-corrected chi connectivity index (χ2v) is 4.94. The SMILES string of the molecule is Cc1nc(-c2cc(Cl)cc(Cl)c2)ncc1[C@H](C)O. The first kappa shape index (κ1) is 13.3. The molecule has 0 fully saturated rings. The van der Waals surface area contributed by atoms with Crippen LogP contribution in [0.3, 0.4) is 0 Å². The number of nitrogens with zero attached hydrogens (tertiary/aromatic N) is 2. The summed E-state index contributed by atoms with van der Waals surface area (Å²) in [7, 11) is 0. The van der Waals surface area contributed by atoms with Crippen molar-refractivity contribution in [2.45, 2.75) is 20.0 Å². The van der Waals surface area contributed by atoms with Gasteiger partial charge in [-0.05, 0) is 32.0 Å². The van der Waals surface area contributed by atoms with Crippen LogP contribution in [0, 0.1) is 6.92 Å². The molecular formula is C13H12Cl2N2O. The zero-order chi connectivity index (χ0) is 13.3. The summed E-state index contributed by atoms with van der Waals surface area (Å²) in [6, 6.07) is 5.16. The van der Waals surface area contributed by atoms with E-state index >= 15 is 0 Å². The molecule has 2 aromatic rings. The van der Waals surface area contributed by atoms with Gasteiger partial charge in [0.05, 0.1) is 6.10 Å². The lowest BCUT2D eigenvalue weighted by atomic mass is 10.1. The molecule has 0 unspecified atom stereocenters. The minimum atomic E-state index is -0.581. The number of hydrogen-bond donors (Lipinski definition) is 1. The number of hydrogen-bond acceptors (Lipinski definition) is 3. The van der Waals surface area contributed by atoms with Gasteiger partial charge in [-0.3, -0.25) is 0 Å². The Bertz CT molecular complexity index is 565. The summed E-state index contributed by atoms with van der Waals surface area (Å²) in [6.07, 6.45) is 1.04. The maximum absolute atomic E-state index is 9.53. The number of aliphatic hydroxyl groups is 1. The maximum atomic E-state index is 9.53. The number of rotatable bonds is 2. The van der Waals surface area contributed by atoms with Crippen LogP contribution in [0.1, 0.15) is 24.3 Å². The van der Waals surface area contributed by atoms with Gasteiger partial charge in [0.15, 0.2) is 5.82 Å². The Morgan fingerprint density at radius 2 is 1.78 bits per heavy atom. The Labute approximate surface area is 115 Å². The second-order valence-electron chi connectivity index (χ2n) is 4.07. The van der Waals surface area contributed by atoms with Gasteiger partial charge in [-0.25, -0.2) is 9.97 Å². The van der Waals surface area contributed by atoms with E-state index in [1.54, 1.807) is 31.3 Å². The molecule has 1 aromatic heterocycles. The third-order valence-electron chi connectivity index (χ3n) is 2.59. The second kappa shape index (κ2) is 5.22. The smallest absolute Gasteiger partial charge is 0.159 e. The van der Waals surface area contributed by atoms with Crippen LogP contribution in [0.4, 0.5) is 0 Å². The van der Waals surface area contributed by atoms with E-state index in [9.17, 15) is 5.11 Å². The lowest BCUT2D eigenvalue weighted by molar-refractivity contribution is 0.197. The van der Waals surface area contributed by atoms with E-state index in [1.807, 2.05) is 6.92 Å². The van der Waals surface area contributed by atoms with Crippen molar-refractivity contribution in [2.75, 3.05) is 0 Å². The molecule has 0 amide bonds. The van der Waals surface area contributed by atoms with E-state index in [1.165, 1.54) is 0 Å². The summed E-state index contributed by atoms with van der Waals surface area (Å²) in [5, 5.41) is 10.6. The summed E-state index contributed by atoms with van der Waals surface area (Å²) < 4.78 is 0. The molecule has 5 heteroatoms. The molecule has 0 aliphatic rings. The Balaban J connectivity index is 2.48. The molecule has 18 heavy (non-hydrogen) atoms. The molecule has 1 aromatic carbocycles. The number of aryl methyl sites for hydroxylation is 1. The van der Waals surface area contributed by atoms with E-state index in [-0.39, 0.29) is 0 Å². The quantitative estimate of drug-likeness (QED) is 0.911. The molecule has 0 spiro atoms. The third kappa shape index (κ3) is 2.80. The van der Waals surface area contributed by atoms with E-state index in [2.05, 4.69) is 9.97 Å². The molecule has 0 bridgehead atoms. The zero-order valence-corrected chi connectivity index (χ0v) is 11.5. The molecule has 1 heterocycles. The number of halogens is 2. The van der Waals surface area contributed by atoms with E-state index in [4.69, 9.17) is 23.2 Å². The fraction of sp³-hybridized carbons (Fsp3) is 0.231. The summed E-state index contributed by atoms with van der Waals surface area (Å²) in [4.78, 5) is 8.58. The van der Waals surface area contributed by atoms with Crippen molar-refractivity contribution in [1.82, 2.24) is 9.97 Å². The average Bonchev–Trinajstić information content (AvgIpc) is 2.26. The number of benzene rings is 1. The summed E-state index contributed by atoms with van der Waals surface area (Å²) >= 11 is 11.9. The molecule has 2 rings (SSSR count). The highest BCUT2D eigenvalue weighted by Gasteiger charge is 2.10. The van der Waals surface area contributed by atoms with Gasteiger partial charge in [-0.15, -0.1) is 0 Å². The molecule has 1 N–H and O–H groups in total. The van der Waals surface area contributed by atoms with E-state index in [0.29, 0.717) is 21.4 Å². The highest BCUT2D eigenvalue weighted by Crippen LogP contribution is 2.26. The maximum Gasteiger partial charge on any atom is 0.159 e. The van der Waals surface area contributed by atoms with Crippen molar-refractivity contribution >= 4 is 23.2 Å². The molecule has 3 nitrogen and oxygen atoms in total. The third-order valence-corrected chi connectivity index (χ3v) is 3.02. The highest BCUT2D eigenvalue weighted by atomic mass is 35.5. The Hall–Kier alpha value is -1.16. The van der Waals surface area contributed by atoms with E-state index < -0.39 is 6.10 Å². The number of aliphatic hydroxyl groups excluding tert-OH is 1. The first-order valence-electron chi connectivity index (χ1n) is 5.45. The molecule has 0 aliphatic carbocycles. The first-order valence-corrected chi connectivity index (χ1v) is 6.21. The van der Waals surface area contributed by atoms with Gasteiger partial charge in [0.1, 0.15) is 0 Å². The van der Waals surface area contributed by atoms with Crippen LogP contribution >= 0.6 is 23.2 Å². The minimum Gasteiger partial charge on any atom is -0.389 e. The Morgan fingerprint density at radius 3 is 2.28 bits per heavy atom. The van der Waals surface area contributed by atoms with Crippen molar-refractivity contribution in [2.24, 2.45) is 0 Å². The van der Waals surface area contributed by atoms with Gasteiger partial charge in [0.2, 0.25) is 0 Å². The van der Waals surface area contributed by atoms with Gasteiger partial charge in [0, 0.05) is 33.1 Å². The van der Waals surface area contributed by atoms with Crippen LogP contribution in [0.5, 0.6) is 0 Å². The van der Waals surface area contributed by atoms with Crippen molar-refractivity contribution in [3.8, 4) is 11.4 Å². The fourth-order valence-corrected chi connectivity index (χ4v) is 2.23. The van der Waals surface area contributed by atoms with Crippen molar-refractivity contribution in [3.05, 3.63) is 45.7 Å². The van der Waals surface area contributed by atoms with Crippen molar-refractivity contribution < 1.29 is 5.11 Å². The molecule has 1 atom stereocenters. The average molecular weight is 283 g/mol. The molecular weight excluding hydrogens is 271 g/mol. The lowest BCUT2D eigenvalue weighted by Crippen LogP contribution is -2.01. The lowest BCUT2D eigenvalue weighted by Gasteiger charge is -2.09. The molecule has 0 saturated carbocycles. The van der Waals surface area contributed by atoms with E-state index in [0.717, 1.165) is 11.3 Å². The van der Waals surface area contributed by atoms with Crippen molar-refractivity contribution in [1.29, 1.82) is 0 Å². The van der Waals surface area contributed by atoms with Crippen LogP contribution < -0.4 is 0 Å². The monoisotopic (exact) mass is 282 g/mol. The highest BCUT2D eigenvalue weighted by molar-refractivity contribution is 6.35. The Morgan fingerprint density at radius 1 is 1.17 bits per heavy atom. The van der Waals surface area contributed by atoms with Crippen LogP contribution in [-0.4, -0.2) is 15.1 Å². The summed E-state index contributed by atoms with van der Waals surface area (Å²) in [6.45, 7) is 3.51. The van der Waals surface area contributed by atoms with Gasteiger partial charge in [-0.2, -0.15) is 0 Å². The molecule has 0 aliphatic heterocycles. The van der Waals surface area contributed by atoms with Crippen molar-refractivity contribution in [3.63, 3.8) is 0 Å². The van der Waals surface area contributed by atoms with Gasteiger partial charge in [-0.1, -0.05) is 23.2 Å². The largest absolute Gasteiger partial charge is 0.389 e. The predicted molar refractivity (Wildman–Crippen MR) is 72.9 cm³/mol. The minimum absolute atomic E-state index is 0.540. The standard InChI is InChI=1S/C13H12Cl2N2O/c1-7-12(8(2)18)6-16-13(17-7)9-3-10(14)5-11(15)4-9/h3-6,8,18H,1-2H3/t8-/m0/s1. The summed E-state index contributed by atoms with van der Waals surface area (Å²) in [5.41, 5.74) is 2.21. The molecule has 94 valence electrons.